The van der Waals surface area contributed by atoms with Crippen LogP contribution in [0.2, 0.25) is 0 Å². The zero-order chi connectivity index (χ0) is 13.7. The Morgan fingerprint density at radius 2 is 2.21 bits per heavy atom. The molecular formula is C14H21N3O2. The normalized spacial score (nSPS) is 17.9. The third-order valence-electron chi connectivity index (χ3n) is 3.96. The Balaban J connectivity index is 2.11. The van der Waals surface area contributed by atoms with Crippen molar-refractivity contribution in [2.45, 2.75) is 51.5 Å². The van der Waals surface area contributed by atoms with Crippen LogP contribution in [0.1, 0.15) is 45.4 Å². The van der Waals surface area contributed by atoms with E-state index in [2.05, 4.69) is 17.2 Å². The van der Waals surface area contributed by atoms with Crippen LogP contribution < -0.4 is 5.32 Å². The number of hydrogen-bond donors (Lipinski definition) is 1. The molecule has 0 aliphatic heterocycles. The Morgan fingerprint density at radius 3 is 2.84 bits per heavy atom. The summed E-state index contributed by atoms with van der Waals surface area (Å²) in [6.45, 7) is 2.13. The van der Waals surface area contributed by atoms with E-state index in [1.54, 1.807) is 12.3 Å². The fourth-order valence-corrected chi connectivity index (χ4v) is 2.92. The smallest absolute Gasteiger partial charge is 0.311 e. The molecule has 5 heteroatoms. The summed E-state index contributed by atoms with van der Waals surface area (Å²) in [5.41, 5.74) is 0.0664. The number of pyridine rings is 1. The molecule has 5 nitrogen and oxygen atoms in total. The highest BCUT2D eigenvalue weighted by molar-refractivity contribution is 5.55. The van der Waals surface area contributed by atoms with Gasteiger partial charge in [0.15, 0.2) is 0 Å². The van der Waals surface area contributed by atoms with Crippen LogP contribution in [-0.4, -0.2) is 15.9 Å². The van der Waals surface area contributed by atoms with E-state index >= 15 is 0 Å². The Morgan fingerprint density at radius 1 is 1.47 bits per heavy atom. The number of hydrogen-bond acceptors (Lipinski definition) is 4. The van der Waals surface area contributed by atoms with Crippen molar-refractivity contribution in [3.63, 3.8) is 0 Å². The third kappa shape index (κ3) is 3.43. The molecule has 1 aromatic heterocycles. The van der Waals surface area contributed by atoms with Crippen molar-refractivity contribution in [1.29, 1.82) is 0 Å². The molecular weight excluding hydrogens is 242 g/mol. The number of rotatable bonds is 5. The van der Waals surface area contributed by atoms with Crippen molar-refractivity contribution in [2.75, 3.05) is 5.32 Å². The molecule has 1 saturated carbocycles. The van der Waals surface area contributed by atoms with Crippen LogP contribution in [0.3, 0.4) is 0 Å². The fraction of sp³-hybridized carbons (Fsp3) is 0.643. The zero-order valence-electron chi connectivity index (χ0n) is 11.3. The molecule has 2 rings (SSSR count). The van der Waals surface area contributed by atoms with Gasteiger partial charge >= 0.3 is 5.69 Å². The second-order valence-corrected chi connectivity index (χ2v) is 5.19. The van der Waals surface area contributed by atoms with E-state index in [0.717, 1.165) is 6.42 Å². The molecule has 1 aromatic rings. The van der Waals surface area contributed by atoms with Gasteiger partial charge in [-0.05, 0) is 31.2 Å². The number of nitrogens with zero attached hydrogens (tertiary/aromatic N) is 2. The molecule has 0 saturated heterocycles. The summed E-state index contributed by atoms with van der Waals surface area (Å²) < 4.78 is 0. The molecule has 0 spiro atoms. The molecule has 104 valence electrons. The van der Waals surface area contributed by atoms with E-state index in [1.807, 2.05) is 0 Å². The highest BCUT2D eigenvalue weighted by Crippen LogP contribution is 2.31. The summed E-state index contributed by atoms with van der Waals surface area (Å²) in [7, 11) is 0. The molecule has 1 N–H and O–H groups in total. The monoisotopic (exact) mass is 263 g/mol. The number of anilines is 1. The van der Waals surface area contributed by atoms with Crippen LogP contribution in [0, 0.1) is 16.0 Å². The van der Waals surface area contributed by atoms with Crippen molar-refractivity contribution in [2.24, 2.45) is 5.92 Å². The van der Waals surface area contributed by atoms with Crippen LogP contribution in [0.15, 0.2) is 18.3 Å². The lowest BCUT2D eigenvalue weighted by molar-refractivity contribution is -0.384. The van der Waals surface area contributed by atoms with Gasteiger partial charge in [-0.25, -0.2) is 4.98 Å². The van der Waals surface area contributed by atoms with Crippen molar-refractivity contribution in [1.82, 2.24) is 4.98 Å². The average Bonchev–Trinajstić information content (AvgIpc) is 2.46. The van der Waals surface area contributed by atoms with Crippen LogP contribution in [-0.2, 0) is 0 Å². The topological polar surface area (TPSA) is 68.1 Å². The minimum Gasteiger partial charge on any atom is -0.361 e. The standard InChI is InChI=1S/C14H21N3O2/c1-2-12(11-7-4-3-5-8-11)16-14-13(17(18)19)9-6-10-15-14/h6,9-12H,2-5,7-8H2,1H3,(H,15,16). The van der Waals surface area contributed by atoms with Crippen LogP contribution >= 0.6 is 0 Å². The molecule has 1 unspecified atom stereocenters. The molecule has 0 amide bonds. The SMILES string of the molecule is CCC(Nc1ncccc1[N+](=O)[O-])C1CCCCC1. The molecule has 0 aromatic carbocycles. The summed E-state index contributed by atoms with van der Waals surface area (Å²) in [6, 6.07) is 3.39. The van der Waals surface area contributed by atoms with E-state index in [9.17, 15) is 10.1 Å². The van der Waals surface area contributed by atoms with Crippen LogP contribution in [0.4, 0.5) is 11.5 Å². The fourth-order valence-electron chi connectivity index (χ4n) is 2.92. The van der Waals surface area contributed by atoms with Crippen LogP contribution in [0.25, 0.3) is 0 Å². The first kappa shape index (κ1) is 13.8. The van der Waals surface area contributed by atoms with E-state index < -0.39 is 0 Å². The molecule has 0 radical (unpaired) electrons. The largest absolute Gasteiger partial charge is 0.361 e. The first-order chi connectivity index (χ1) is 9.22. The van der Waals surface area contributed by atoms with Gasteiger partial charge in [-0.15, -0.1) is 0 Å². The summed E-state index contributed by atoms with van der Waals surface area (Å²) in [4.78, 5) is 14.8. The second-order valence-electron chi connectivity index (χ2n) is 5.19. The summed E-state index contributed by atoms with van der Waals surface area (Å²) in [5, 5.41) is 14.3. The van der Waals surface area contributed by atoms with Crippen LogP contribution in [0.5, 0.6) is 0 Å². The predicted molar refractivity (Wildman–Crippen MR) is 75.2 cm³/mol. The lowest BCUT2D eigenvalue weighted by Crippen LogP contribution is -2.30. The highest BCUT2D eigenvalue weighted by atomic mass is 16.6. The lowest BCUT2D eigenvalue weighted by Gasteiger charge is -2.30. The van der Waals surface area contributed by atoms with Gasteiger partial charge in [0.1, 0.15) is 0 Å². The Hall–Kier alpha value is -1.65. The summed E-state index contributed by atoms with van der Waals surface area (Å²) >= 11 is 0. The minimum atomic E-state index is -0.372. The number of nitrogens with one attached hydrogen (secondary N) is 1. The first-order valence-corrected chi connectivity index (χ1v) is 7.08. The van der Waals surface area contributed by atoms with Gasteiger partial charge in [0.25, 0.3) is 0 Å². The van der Waals surface area contributed by atoms with Gasteiger partial charge in [-0.2, -0.15) is 0 Å². The number of aromatic nitrogens is 1. The quantitative estimate of drug-likeness (QED) is 0.648. The summed E-state index contributed by atoms with van der Waals surface area (Å²) in [6.07, 6.45) is 8.86. The van der Waals surface area contributed by atoms with Crippen molar-refractivity contribution in [3.05, 3.63) is 28.4 Å². The van der Waals surface area contributed by atoms with Crippen molar-refractivity contribution in [3.8, 4) is 0 Å². The predicted octanol–water partition coefficient (Wildman–Crippen LogP) is 3.76. The molecule has 0 bridgehead atoms. The van der Waals surface area contributed by atoms with E-state index in [4.69, 9.17) is 0 Å². The minimum absolute atomic E-state index is 0.0664. The van der Waals surface area contributed by atoms with Gasteiger partial charge in [-0.1, -0.05) is 26.2 Å². The van der Waals surface area contributed by atoms with E-state index in [0.29, 0.717) is 11.7 Å². The van der Waals surface area contributed by atoms with E-state index in [-0.39, 0.29) is 16.7 Å². The maximum atomic E-state index is 11.0. The van der Waals surface area contributed by atoms with Gasteiger partial charge in [0, 0.05) is 18.3 Å². The Bertz CT molecular complexity index is 430. The van der Waals surface area contributed by atoms with Gasteiger partial charge in [-0.3, -0.25) is 10.1 Å². The van der Waals surface area contributed by atoms with Crippen molar-refractivity contribution >= 4 is 11.5 Å². The molecule has 1 heterocycles. The number of nitro groups is 1. The van der Waals surface area contributed by atoms with Gasteiger partial charge < -0.3 is 5.32 Å². The van der Waals surface area contributed by atoms with Crippen molar-refractivity contribution < 1.29 is 4.92 Å². The van der Waals surface area contributed by atoms with Gasteiger partial charge in [0.2, 0.25) is 5.82 Å². The summed E-state index contributed by atoms with van der Waals surface area (Å²) in [5.74, 6) is 1.02. The molecule has 1 aliphatic carbocycles. The zero-order valence-corrected chi connectivity index (χ0v) is 11.3. The second kappa shape index (κ2) is 6.50. The molecule has 1 atom stereocenters. The first-order valence-electron chi connectivity index (χ1n) is 7.08. The van der Waals surface area contributed by atoms with Gasteiger partial charge in [0.05, 0.1) is 4.92 Å². The maximum absolute atomic E-state index is 11.0. The average molecular weight is 263 g/mol. The molecule has 1 aliphatic rings. The Kier molecular flexibility index (Phi) is 4.71. The molecule has 19 heavy (non-hydrogen) atoms. The Labute approximate surface area is 113 Å². The molecule has 1 fully saturated rings. The lowest BCUT2D eigenvalue weighted by atomic mass is 9.83. The highest BCUT2D eigenvalue weighted by Gasteiger charge is 2.25. The third-order valence-corrected chi connectivity index (χ3v) is 3.96. The maximum Gasteiger partial charge on any atom is 0.311 e. The van der Waals surface area contributed by atoms with E-state index in [1.165, 1.54) is 38.2 Å².